The smallest absolute Gasteiger partial charge is 0.272 e. The molecule has 0 aliphatic carbocycles. The molecular formula is C14H12FN3O6S2. The fourth-order valence-corrected chi connectivity index (χ4v) is 4.79. The van der Waals surface area contributed by atoms with Crippen LogP contribution in [0.5, 0.6) is 5.75 Å². The average Bonchev–Trinajstić information content (AvgIpc) is 3.02. The van der Waals surface area contributed by atoms with Crippen LogP contribution in [0.1, 0.15) is 0 Å². The Balaban J connectivity index is 1.80. The van der Waals surface area contributed by atoms with E-state index in [0.717, 1.165) is 30.0 Å². The minimum atomic E-state index is -3.85. The maximum atomic E-state index is 14.0. The summed E-state index contributed by atoms with van der Waals surface area (Å²) < 4.78 is 43.7. The van der Waals surface area contributed by atoms with Gasteiger partial charge in [0.2, 0.25) is 0 Å². The molecule has 2 aliphatic rings. The van der Waals surface area contributed by atoms with Gasteiger partial charge in [0.25, 0.3) is 15.7 Å². The van der Waals surface area contributed by atoms with E-state index in [4.69, 9.17) is 4.74 Å². The molecule has 0 radical (unpaired) electrons. The van der Waals surface area contributed by atoms with Crippen LogP contribution in [0.3, 0.4) is 0 Å². The summed E-state index contributed by atoms with van der Waals surface area (Å²) in [5.41, 5.74) is 0.0495. The minimum absolute atomic E-state index is 0.00966. The number of nitrogens with zero attached hydrogens (tertiary/aromatic N) is 2. The molecule has 26 heavy (non-hydrogen) atoms. The van der Waals surface area contributed by atoms with Crippen LogP contribution < -0.4 is 9.62 Å². The standard InChI is InChI=1S/C14H12FN3O6S2/c1-23-17-26(21,22)13-7-10-14(25-13)12(4-5-16-10)24-11-3-2-8(18(19)20)6-9(11)15/h2-7,12,14,17H,1H3. The van der Waals surface area contributed by atoms with Crippen LogP contribution in [0.25, 0.3) is 0 Å². The predicted molar refractivity (Wildman–Crippen MR) is 92.6 cm³/mol. The Hall–Kier alpha value is -2.28. The van der Waals surface area contributed by atoms with E-state index >= 15 is 0 Å². The van der Waals surface area contributed by atoms with Crippen molar-refractivity contribution >= 4 is 33.2 Å². The lowest BCUT2D eigenvalue weighted by atomic mass is 10.1. The summed E-state index contributed by atoms with van der Waals surface area (Å²) in [5, 5.41) is 10.2. The molecule has 2 atom stereocenters. The third-order valence-corrected chi connectivity index (χ3v) is 6.54. The summed E-state index contributed by atoms with van der Waals surface area (Å²) in [4.78, 5) is 20.4. The van der Waals surface area contributed by atoms with E-state index < -0.39 is 37.8 Å². The number of thioether (sulfide) groups is 1. The van der Waals surface area contributed by atoms with Crippen LogP contribution >= 0.6 is 11.8 Å². The van der Waals surface area contributed by atoms with Crippen LogP contribution in [0.2, 0.25) is 0 Å². The molecule has 0 bridgehead atoms. The molecule has 0 fully saturated rings. The van der Waals surface area contributed by atoms with E-state index in [-0.39, 0.29) is 9.99 Å². The number of allylic oxidation sites excluding steroid dienone is 1. The van der Waals surface area contributed by atoms with E-state index in [1.54, 1.807) is 6.08 Å². The minimum Gasteiger partial charge on any atom is -0.482 e. The zero-order chi connectivity index (χ0) is 18.9. The second kappa shape index (κ2) is 7.15. The highest BCUT2D eigenvalue weighted by Gasteiger charge is 2.38. The highest BCUT2D eigenvalue weighted by molar-refractivity contribution is 8.19. The number of benzene rings is 1. The fraction of sp³-hybridized carbons (Fsp3) is 0.214. The molecule has 0 saturated heterocycles. The van der Waals surface area contributed by atoms with Crippen molar-refractivity contribution in [2.24, 2.45) is 4.99 Å². The average molecular weight is 401 g/mol. The van der Waals surface area contributed by atoms with Crippen LogP contribution in [0.15, 0.2) is 45.8 Å². The molecule has 138 valence electrons. The third-order valence-electron chi connectivity index (χ3n) is 3.45. The number of halogens is 1. The zero-order valence-corrected chi connectivity index (χ0v) is 14.8. The van der Waals surface area contributed by atoms with Gasteiger partial charge in [-0.05, 0) is 18.2 Å². The van der Waals surface area contributed by atoms with Crippen LogP contribution in [0.4, 0.5) is 10.1 Å². The van der Waals surface area contributed by atoms with E-state index in [0.29, 0.717) is 5.71 Å². The summed E-state index contributed by atoms with van der Waals surface area (Å²) >= 11 is 0.976. The molecule has 0 saturated carbocycles. The van der Waals surface area contributed by atoms with Gasteiger partial charge >= 0.3 is 0 Å². The second-order valence-corrected chi connectivity index (χ2v) is 8.20. The molecule has 2 heterocycles. The van der Waals surface area contributed by atoms with Crippen molar-refractivity contribution in [3.63, 3.8) is 0 Å². The molecule has 2 unspecified atom stereocenters. The normalized spacial score (nSPS) is 21.8. The Morgan fingerprint density at radius 2 is 2.19 bits per heavy atom. The highest BCUT2D eigenvalue weighted by Crippen LogP contribution is 2.39. The molecule has 12 heteroatoms. The zero-order valence-electron chi connectivity index (χ0n) is 13.2. The van der Waals surface area contributed by atoms with Crippen LogP contribution in [0, 0.1) is 15.9 Å². The largest absolute Gasteiger partial charge is 0.482 e. The summed E-state index contributed by atoms with van der Waals surface area (Å²) in [7, 11) is -2.68. The number of nitro benzene ring substituents is 1. The fourth-order valence-electron chi connectivity index (χ4n) is 2.32. The number of nitro groups is 1. The van der Waals surface area contributed by atoms with Gasteiger partial charge in [0.15, 0.2) is 11.6 Å². The van der Waals surface area contributed by atoms with E-state index in [9.17, 15) is 22.9 Å². The van der Waals surface area contributed by atoms with E-state index in [2.05, 4.69) is 9.83 Å². The Bertz CT molecular complexity index is 944. The number of hydrogen-bond donors (Lipinski definition) is 1. The quantitative estimate of drug-likeness (QED) is 0.571. The molecule has 3 rings (SSSR count). The first-order valence-corrected chi connectivity index (χ1v) is 9.46. The summed E-state index contributed by atoms with van der Waals surface area (Å²) in [5.74, 6) is -1.07. The molecule has 0 aromatic heterocycles. The second-order valence-electron chi connectivity index (χ2n) is 5.14. The topological polar surface area (TPSA) is 120 Å². The summed E-state index contributed by atoms with van der Waals surface area (Å²) in [6, 6.07) is 3.04. The number of rotatable bonds is 6. The Morgan fingerprint density at radius 1 is 1.42 bits per heavy atom. The number of non-ortho nitro benzene ring substituents is 1. The van der Waals surface area contributed by atoms with Gasteiger partial charge in [0.05, 0.1) is 29.1 Å². The lowest BCUT2D eigenvalue weighted by Crippen LogP contribution is -2.33. The van der Waals surface area contributed by atoms with Gasteiger partial charge < -0.3 is 4.74 Å². The lowest BCUT2D eigenvalue weighted by Gasteiger charge is -2.24. The van der Waals surface area contributed by atoms with Crippen molar-refractivity contribution in [3.8, 4) is 5.75 Å². The first-order valence-electron chi connectivity index (χ1n) is 7.10. The predicted octanol–water partition coefficient (Wildman–Crippen LogP) is 1.89. The van der Waals surface area contributed by atoms with Gasteiger partial charge in [-0.2, -0.15) is 0 Å². The number of hydrogen-bond acceptors (Lipinski definition) is 8. The van der Waals surface area contributed by atoms with Gasteiger partial charge in [-0.1, -0.05) is 16.6 Å². The van der Waals surface area contributed by atoms with Crippen LogP contribution in [-0.4, -0.2) is 37.5 Å². The Morgan fingerprint density at radius 3 is 2.85 bits per heavy atom. The van der Waals surface area contributed by atoms with Crippen LogP contribution in [-0.2, 0) is 14.9 Å². The Labute approximate surface area is 151 Å². The van der Waals surface area contributed by atoms with Gasteiger partial charge in [-0.25, -0.2) is 12.8 Å². The maximum Gasteiger partial charge on any atom is 0.272 e. The Kier molecular flexibility index (Phi) is 5.09. The van der Waals surface area contributed by atoms with Gasteiger partial charge in [-0.15, -0.1) is 0 Å². The summed E-state index contributed by atoms with van der Waals surface area (Å²) in [6.45, 7) is 0. The molecule has 1 aromatic rings. The van der Waals surface area contributed by atoms with Crippen molar-refractivity contribution in [2.75, 3.05) is 7.11 Å². The lowest BCUT2D eigenvalue weighted by molar-refractivity contribution is -0.385. The first-order chi connectivity index (χ1) is 12.3. The molecule has 0 spiro atoms. The van der Waals surface area contributed by atoms with E-state index in [1.165, 1.54) is 19.4 Å². The molecule has 0 amide bonds. The number of fused-ring (bicyclic) bond motifs is 1. The third kappa shape index (κ3) is 3.62. The van der Waals surface area contributed by atoms with Gasteiger partial charge in [0.1, 0.15) is 10.3 Å². The van der Waals surface area contributed by atoms with Crippen molar-refractivity contribution in [1.82, 2.24) is 4.89 Å². The monoisotopic (exact) mass is 401 g/mol. The van der Waals surface area contributed by atoms with Crippen molar-refractivity contribution < 1.29 is 27.3 Å². The SMILES string of the molecule is CONS(=O)(=O)C1=CC2=NC=CC(Oc3ccc([N+](=O)[O-])cc3F)C2S1. The summed E-state index contributed by atoms with van der Waals surface area (Å²) in [6.07, 6.45) is 3.64. The number of nitrogens with one attached hydrogen (secondary N) is 1. The molecule has 2 aliphatic heterocycles. The maximum absolute atomic E-state index is 14.0. The van der Waals surface area contributed by atoms with Crippen molar-refractivity contribution in [3.05, 3.63) is 56.7 Å². The number of sulfonamides is 1. The molecule has 1 aromatic carbocycles. The highest BCUT2D eigenvalue weighted by atomic mass is 32.3. The number of ether oxygens (including phenoxy) is 1. The molecular weight excluding hydrogens is 389 g/mol. The van der Waals surface area contributed by atoms with E-state index in [1.807, 2.05) is 4.89 Å². The van der Waals surface area contributed by atoms with Crippen molar-refractivity contribution in [2.45, 2.75) is 11.4 Å². The molecule has 9 nitrogen and oxygen atoms in total. The first kappa shape index (κ1) is 18.5. The van der Waals surface area contributed by atoms with Gasteiger partial charge in [0, 0.05) is 12.3 Å². The van der Waals surface area contributed by atoms with Gasteiger partial charge in [-0.3, -0.25) is 19.9 Å². The number of aliphatic imine (C=N–C) groups is 1. The molecule has 1 N–H and O–H groups in total. The van der Waals surface area contributed by atoms with Crippen molar-refractivity contribution in [1.29, 1.82) is 0 Å².